The second kappa shape index (κ2) is 11.4. The molecule has 158 valence electrons. The Morgan fingerprint density at radius 1 is 0.828 bits per heavy atom. The number of allylic oxidation sites excluding steroid dienone is 1. The van der Waals surface area contributed by atoms with E-state index in [1.807, 2.05) is 0 Å². The van der Waals surface area contributed by atoms with E-state index >= 15 is 0 Å². The van der Waals surface area contributed by atoms with Crippen LogP contribution < -0.4 is 0 Å². The molecular weight excluding hydrogens is 368 g/mol. The van der Waals surface area contributed by atoms with E-state index in [0.29, 0.717) is 0 Å². The van der Waals surface area contributed by atoms with Crippen LogP contribution in [0.3, 0.4) is 0 Å². The van der Waals surface area contributed by atoms with Crippen LogP contribution >= 0.6 is 0 Å². The highest BCUT2D eigenvalue weighted by molar-refractivity contribution is 6.70. The van der Waals surface area contributed by atoms with E-state index in [0.717, 1.165) is 12.2 Å². The normalized spacial score (nSPS) is 14.4. The van der Waals surface area contributed by atoms with Crippen LogP contribution in [-0.4, -0.2) is 8.32 Å². The van der Waals surface area contributed by atoms with Crippen LogP contribution in [0.25, 0.3) is 5.76 Å². The molecule has 0 aromatic heterocycles. The molecule has 0 N–H and O–H groups in total. The molecule has 0 aliphatic rings. The van der Waals surface area contributed by atoms with Gasteiger partial charge in [-0.2, -0.15) is 0 Å². The molecule has 1 atom stereocenters. The number of hydrogen-bond donors (Lipinski definition) is 0. The summed E-state index contributed by atoms with van der Waals surface area (Å²) in [5.74, 6) is 1.04. The van der Waals surface area contributed by atoms with Crippen molar-refractivity contribution < 1.29 is 4.43 Å². The summed E-state index contributed by atoms with van der Waals surface area (Å²) in [6.45, 7) is 11.4. The smallest absolute Gasteiger partial charge is 0.242 e. The molecule has 0 fully saturated rings. The second-order valence-corrected chi connectivity index (χ2v) is 13.8. The van der Waals surface area contributed by atoms with Gasteiger partial charge in [0, 0.05) is 11.0 Å². The predicted molar refractivity (Wildman–Crippen MR) is 131 cm³/mol. The summed E-state index contributed by atoms with van der Waals surface area (Å²) >= 11 is 0. The van der Waals surface area contributed by atoms with Gasteiger partial charge in [-0.1, -0.05) is 113 Å². The Hall–Kier alpha value is -1.80. The summed E-state index contributed by atoms with van der Waals surface area (Å²) < 4.78 is 6.60. The van der Waals surface area contributed by atoms with Gasteiger partial charge in [-0.05, 0) is 37.7 Å². The standard InChI is InChI=1S/C27H40OSi/c1-6-7-8-9-10-17-22-27(2,25-20-15-12-16-21-25)23-26(28-29(3,4)5)24-18-13-11-14-19-24/h11-16,18-21,23H,6-10,17,22H2,1-5H3/b26-23-. The van der Waals surface area contributed by atoms with Gasteiger partial charge >= 0.3 is 0 Å². The van der Waals surface area contributed by atoms with E-state index in [-0.39, 0.29) is 5.41 Å². The molecule has 0 amide bonds. The SMILES string of the molecule is CCCCCCCCC(C)(/C=C(\O[Si](C)(C)C)c1ccccc1)c1ccccc1. The van der Waals surface area contributed by atoms with E-state index < -0.39 is 8.32 Å². The molecule has 2 rings (SSSR count). The minimum atomic E-state index is -1.73. The van der Waals surface area contributed by atoms with E-state index in [1.165, 1.54) is 49.7 Å². The maximum absolute atomic E-state index is 6.60. The molecule has 0 heterocycles. The zero-order valence-electron chi connectivity index (χ0n) is 19.2. The van der Waals surface area contributed by atoms with Crippen LogP contribution in [0.1, 0.15) is 69.9 Å². The largest absolute Gasteiger partial charge is 0.544 e. The molecule has 0 spiro atoms. The molecule has 0 saturated carbocycles. The van der Waals surface area contributed by atoms with Gasteiger partial charge in [0.2, 0.25) is 8.32 Å². The molecule has 29 heavy (non-hydrogen) atoms. The van der Waals surface area contributed by atoms with Gasteiger partial charge in [-0.15, -0.1) is 0 Å². The maximum atomic E-state index is 6.60. The first-order valence-corrected chi connectivity index (χ1v) is 14.8. The Bertz CT molecular complexity index is 730. The average Bonchev–Trinajstić information content (AvgIpc) is 2.70. The van der Waals surface area contributed by atoms with Crippen molar-refractivity contribution in [1.29, 1.82) is 0 Å². The summed E-state index contributed by atoms with van der Waals surface area (Å²) in [6.07, 6.45) is 11.5. The Labute approximate surface area is 180 Å². The van der Waals surface area contributed by atoms with Crippen molar-refractivity contribution in [3.05, 3.63) is 77.9 Å². The summed E-state index contributed by atoms with van der Waals surface area (Å²) in [7, 11) is -1.73. The number of rotatable bonds is 12. The molecule has 2 aromatic rings. The lowest BCUT2D eigenvalue weighted by atomic mass is 9.77. The lowest BCUT2D eigenvalue weighted by Gasteiger charge is -2.30. The van der Waals surface area contributed by atoms with Gasteiger partial charge in [0.25, 0.3) is 0 Å². The van der Waals surface area contributed by atoms with Gasteiger partial charge in [-0.3, -0.25) is 0 Å². The van der Waals surface area contributed by atoms with E-state index in [4.69, 9.17) is 4.43 Å². The molecule has 1 unspecified atom stereocenters. The lowest BCUT2D eigenvalue weighted by Crippen LogP contribution is -2.26. The molecule has 0 aliphatic carbocycles. The molecule has 0 saturated heterocycles. The van der Waals surface area contributed by atoms with Crippen LogP contribution in [0.5, 0.6) is 0 Å². The van der Waals surface area contributed by atoms with Crippen molar-refractivity contribution in [2.24, 2.45) is 0 Å². The third-order valence-electron chi connectivity index (χ3n) is 5.41. The number of benzene rings is 2. The van der Waals surface area contributed by atoms with Crippen molar-refractivity contribution in [1.82, 2.24) is 0 Å². The Kier molecular flexibility index (Phi) is 9.23. The highest BCUT2D eigenvalue weighted by atomic mass is 28.4. The van der Waals surface area contributed by atoms with Gasteiger partial charge in [-0.25, -0.2) is 0 Å². The van der Waals surface area contributed by atoms with Crippen molar-refractivity contribution >= 4 is 14.1 Å². The number of unbranched alkanes of at least 4 members (excludes halogenated alkanes) is 5. The monoisotopic (exact) mass is 408 g/mol. The van der Waals surface area contributed by atoms with Gasteiger partial charge in [0.1, 0.15) is 5.76 Å². The fraction of sp³-hybridized carbons (Fsp3) is 0.481. The summed E-state index contributed by atoms with van der Waals surface area (Å²) in [6, 6.07) is 21.6. The topological polar surface area (TPSA) is 9.23 Å². The zero-order valence-corrected chi connectivity index (χ0v) is 20.2. The van der Waals surface area contributed by atoms with Crippen LogP contribution in [0.4, 0.5) is 0 Å². The highest BCUT2D eigenvalue weighted by Crippen LogP contribution is 2.36. The average molecular weight is 409 g/mol. The molecule has 2 aromatic carbocycles. The maximum Gasteiger partial charge on any atom is 0.242 e. The van der Waals surface area contributed by atoms with Crippen LogP contribution in [0.15, 0.2) is 66.7 Å². The lowest BCUT2D eigenvalue weighted by molar-refractivity contribution is 0.464. The third kappa shape index (κ3) is 8.22. The quantitative estimate of drug-likeness (QED) is 0.194. The molecule has 1 nitrogen and oxygen atoms in total. The fourth-order valence-corrected chi connectivity index (χ4v) is 4.62. The highest BCUT2D eigenvalue weighted by Gasteiger charge is 2.27. The van der Waals surface area contributed by atoms with Crippen molar-refractivity contribution in [3.63, 3.8) is 0 Å². The van der Waals surface area contributed by atoms with Crippen molar-refractivity contribution in [2.75, 3.05) is 0 Å². The molecule has 2 heteroatoms. The second-order valence-electron chi connectivity index (χ2n) is 9.39. The van der Waals surface area contributed by atoms with Crippen LogP contribution in [0, 0.1) is 0 Å². The molecule has 0 radical (unpaired) electrons. The molecule has 0 bridgehead atoms. The summed E-state index contributed by atoms with van der Waals surface area (Å²) in [5, 5.41) is 0. The van der Waals surface area contributed by atoms with Crippen molar-refractivity contribution in [2.45, 2.75) is 83.8 Å². The van der Waals surface area contributed by atoms with Gasteiger partial charge in [0.05, 0.1) is 0 Å². The van der Waals surface area contributed by atoms with E-state index in [2.05, 4.69) is 100 Å². The Morgan fingerprint density at radius 2 is 1.38 bits per heavy atom. The predicted octanol–water partition coefficient (Wildman–Crippen LogP) is 8.59. The minimum Gasteiger partial charge on any atom is -0.544 e. The first-order valence-electron chi connectivity index (χ1n) is 11.4. The van der Waals surface area contributed by atoms with Gasteiger partial charge < -0.3 is 4.43 Å². The summed E-state index contributed by atoms with van der Waals surface area (Å²) in [5.41, 5.74) is 2.53. The third-order valence-corrected chi connectivity index (χ3v) is 6.24. The van der Waals surface area contributed by atoms with Gasteiger partial charge in [0.15, 0.2) is 0 Å². The molecule has 0 aliphatic heterocycles. The minimum absolute atomic E-state index is 0.0309. The number of hydrogen-bond acceptors (Lipinski definition) is 1. The Morgan fingerprint density at radius 3 is 1.97 bits per heavy atom. The van der Waals surface area contributed by atoms with E-state index in [1.54, 1.807) is 0 Å². The fourth-order valence-electron chi connectivity index (χ4n) is 3.78. The zero-order chi connectivity index (χ0) is 21.2. The van der Waals surface area contributed by atoms with Crippen LogP contribution in [-0.2, 0) is 9.84 Å². The van der Waals surface area contributed by atoms with E-state index in [9.17, 15) is 0 Å². The first-order chi connectivity index (χ1) is 13.8. The first kappa shape index (κ1) is 23.5. The Balaban J connectivity index is 2.31. The van der Waals surface area contributed by atoms with Crippen LogP contribution in [0.2, 0.25) is 19.6 Å². The van der Waals surface area contributed by atoms with Crippen molar-refractivity contribution in [3.8, 4) is 0 Å². The molecular formula is C27H40OSi. The summed E-state index contributed by atoms with van der Waals surface area (Å²) in [4.78, 5) is 0.